The molecule has 1 aliphatic carbocycles. The van der Waals surface area contributed by atoms with Crippen LogP contribution in [0.4, 0.5) is 8.78 Å². The van der Waals surface area contributed by atoms with Crippen molar-refractivity contribution in [3.8, 4) is 0 Å². The molecule has 0 aliphatic heterocycles. The van der Waals surface area contributed by atoms with Gasteiger partial charge in [-0.2, -0.15) is 0 Å². The normalized spacial score (nSPS) is 24.1. The van der Waals surface area contributed by atoms with Crippen molar-refractivity contribution in [1.82, 2.24) is 0 Å². The number of aliphatic carboxylic acids is 1. The first-order valence-electron chi connectivity index (χ1n) is 5.78. The van der Waals surface area contributed by atoms with Gasteiger partial charge in [-0.05, 0) is 24.7 Å². The summed E-state index contributed by atoms with van der Waals surface area (Å²) in [5.74, 6) is -3.60. The molecule has 1 saturated carbocycles. The summed E-state index contributed by atoms with van der Waals surface area (Å²) in [7, 11) is 0. The molecule has 1 fully saturated rings. The first kappa shape index (κ1) is 13.4. The molecule has 4 heteroatoms. The summed E-state index contributed by atoms with van der Waals surface area (Å²) < 4.78 is 26.2. The maximum atomic E-state index is 13.1. The Morgan fingerprint density at radius 1 is 1.25 bits per heavy atom. The van der Waals surface area contributed by atoms with Crippen LogP contribution in [0.15, 0.2) is 0 Å². The molecule has 0 radical (unpaired) electrons. The fourth-order valence-corrected chi connectivity index (χ4v) is 2.56. The van der Waals surface area contributed by atoms with E-state index in [0.717, 1.165) is 0 Å². The van der Waals surface area contributed by atoms with E-state index in [0.29, 0.717) is 6.42 Å². The van der Waals surface area contributed by atoms with Crippen LogP contribution in [0.1, 0.15) is 52.9 Å². The van der Waals surface area contributed by atoms with E-state index in [1.807, 2.05) is 20.8 Å². The maximum absolute atomic E-state index is 13.1. The standard InChI is InChI=1S/C12H20F2O2/c1-4-10(2,3)11(9(15)16)5-7-12(13,14)8-6-11/h4-8H2,1-3H3,(H,15,16). The number of halogens is 2. The summed E-state index contributed by atoms with van der Waals surface area (Å²) in [6.07, 6.45) is 0.239. The first-order valence-corrected chi connectivity index (χ1v) is 5.78. The lowest BCUT2D eigenvalue weighted by molar-refractivity contribution is -0.169. The van der Waals surface area contributed by atoms with Crippen molar-refractivity contribution >= 4 is 5.97 Å². The van der Waals surface area contributed by atoms with Gasteiger partial charge in [0.05, 0.1) is 5.41 Å². The van der Waals surface area contributed by atoms with Crippen LogP contribution in [0.5, 0.6) is 0 Å². The van der Waals surface area contributed by atoms with E-state index in [4.69, 9.17) is 0 Å². The highest BCUT2D eigenvalue weighted by Crippen LogP contribution is 2.54. The Labute approximate surface area is 95.0 Å². The summed E-state index contributed by atoms with van der Waals surface area (Å²) in [4.78, 5) is 11.4. The van der Waals surface area contributed by atoms with Gasteiger partial charge in [0.25, 0.3) is 0 Å². The minimum absolute atomic E-state index is 0.0795. The van der Waals surface area contributed by atoms with Crippen LogP contribution in [0.3, 0.4) is 0 Å². The second kappa shape index (κ2) is 3.97. The Morgan fingerprint density at radius 3 is 2.00 bits per heavy atom. The zero-order valence-corrected chi connectivity index (χ0v) is 10.1. The highest BCUT2D eigenvalue weighted by Gasteiger charge is 2.55. The Hall–Kier alpha value is -0.670. The topological polar surface area (TPSA) is 37.3 Å². The molecular weight excluding hydrogens is 214 g/mol. The third-order valence-electron chi connectivity index (χ3n) is 4.42. The molecule has 0 aromatic rings. The van der Waals surface area contributed by atoms with Crippen molar-refractivity contribution in [2.75, 3.05) is 0 Å². The van der Waals surface area contributed by atoms with E-state index < -0.39 is 22.7 Å². The van der Waals surface area contributed by atoms with Gasteiger partial charge >= 0.3 is 5.97 Å². The monoisotopic (exact) mass is 234 g/mol. The fourth-order valence-electron chi connectivity index (χ4n) is 2.56. The van der Waals surface area contributed by atoms with E-state index >= 15 is 0 Å². The van der Waals surface area contributed by atoms with Crippen LogP contribution in [0.25, 0.3) is 0 Å². The van der Waals surface area contributed by atoms with E-state index in [2.05, 4.69) is 0 Å². The number of carboxylic acid groups (broad SMARTS) is 1. The zero-order valence-electron chi connectivity index (χ0n) is 10.1. The molecule has 0 atom stereocenters. The molecule has 94 valence electrons. The smallest absolute Gasteiger partial charge is 0.310 e. The number of rotatable bonds is 3. The van der Waals surface area contributed by atoms with Crippen LogP contribution in [0, 0.1) is 10.8 Å². The molecule has 16 heavy (non-hydrogen) atoms. The number of carboxylic acids is 1. The van der Waals surface area contributed by atoms with Gasteiger partial charge in [0, 0.05) is 12.8 Å². The Bertz CT molecular complexity index is 275. The van der Waals surface area contributed by atoms with E-state index in [1.54, 1.807) is 0 Å². The Morgan fingerprint density at radius 2 is 1.69 bits per heavy atom. The van der Waals surface area contributed by atoms with E-state index in [1.165, 1.54) is 0 Å². The lowest BCUT2D eigenvalue weighted by Crippen LogP contribution is -2.48. The molecule has 0 aromatic carbocycles. The average Bonchev–Trinajstić information content (AvgIpc) is 2.17. The Balaban J connectivity index is 2.98. The molecule has 0 heterocycles. The van der Waals surface area contributed by atoms with Gasteiger partial charge in [0.15, 0.2) is 0 Å². The predicted octanol–water partition coefficient (Wildman–Crippen LogP) is 3.70. The lowest BCUT2D eigenvalue weighted by atomic mass is 9.57. The second-order valence-electron chi connectivity index (χ2n) is 5.48. The van der Waals surface area contributed by atoms with Crippen molar-refractivity contribution < 1.29 is 18.7 Å². The average molecular weight is 234 g/mol. The molecule has 1 aliphatic rings. The quantitative estimate of drug-likeness (QED) is 0.808. The van der Waals surface area contributed by atoms with Gasteiger partial charge in [-0.3, -0.25) is 4.79 Å². The summed E-state index contributed by atoms with van der Waals surface area (Å²) in [5, 5.41) is 9.38. The van der Waals surface area contributed by atoms with Gasteiger partial charge in [0.1, 0.15) is 0 Å². The van der Waals surface area contributed by atoms with Crippen molar-refractivity contribution in [3.05, 3.63) is 0 Å². The molecule has 2 nitrogen and oxygen atoms in total. The summed E-state index contributed by atoms with van der Waals surface area (Å²) in [5.41, 5.74) is -1.42. The summed E-state index contributed by atoms with van der Waals surface area (Å²) >= 11 is 0. The van der Waals surface area contributed by atoms with Crippen LogP contribution >= 0.6 is 0 Å². The van der Waals surface area contributed by atoms with Gasteiger partial charge < -0.3 is 5.11 Å². The predicted molar refractivity (Wildman–Crippen MR) is 57.6 cm³/mol. The van der Waals surface area contributed by atoms with Crippen LogP contribution < -0.4 is 0 Å². The number of carbonyl (C=O) groups is 1. The highest BCUT2D eigenvalue weighted by molar-refractivity contribution is 5.76. The molecule has 0 spiro atoms. The van der Waals surface area contributed by atoms with Gasteiger partial charge in [-0.25, -0.2) is 8.78 Å². The van der Waals surface area contributed by atoms with Crippen molar-refractivity contribution in [1.29, 1.82) is 0 Å². The molecule has 0 saturated heterocycles. The van der Waals surface area contributed by atoms with Crippen LogP contribution in [-0.4, -0.2) is 17.0 Å². The molecule has 0 bridgehead atoms. The van der Waals surface area contributed by atoms with Gasteiger partial charge in [0.2, 0.25) is 5.92 Å². The maximum Gasteiger partial charge on any atom is 0.310 e. The zero-order chi connectivity index (χ0) is 12.6. The SMILES string of the molecule is CCC(C)(C)C1(C(=O)O)CCC(F)(F)CC1. The van der Waals surface area contributed by atoms with E-state index in [-0.39, 0.29) is 25.7 Å². The largest absolute Gasteiger partial charge is 0.481 e. The molecule has 0 amide bonds. The minimum atomic E-state index is -2.68. The summed E-state index contributed by atoms with van der Waals surface area (Å²) in [6, 6.07) is 0. The number of hydrogen-bond donors (Lipinski definition) is 1. The lowest BCUT2D eigenvalue weighted by Gasteiger charge is -2.47. The van der Waals surface area contributed by atoms with Crippen molar-refractivity contribution in [2.45, 2.75) is 58.8 Å². The second-order valence-corrected chi connectivity index (χ2v) is 5.48. The summed E-state index contributed by atoms with van der Waals surface area (Å²) in [6.45, 7) is 5.65. The van der Waals surface area contributed by atoms with Crippen LogP contribution in [0.2, 0.25) is 0 Å². The molecule has 0 unspecified atom stereocenters. The van der Waals surface area contributed by atoms with Crippen molar-refractivity contribution in [3.63, 3.8) is 0 Å². The third kappa shape index (κ3) is 2.06. The molecular formula is C12H20F2O2. The molecule has 1 N–H and O–H groups in total. The molecule has 1 rings (SSSR count). The highest BCUT2D eigenvalue weighted by atomic mass is 19.3. The number of hydrogen-bond acceptors (Lipinski definition) is 1. The van der Waals surface area contributed by atoms with Gasteiger partial charge in [-0.1, -0.05) is 20.8 Å². The third-order valence-corrected chi connectivity index (χ3v) is 4.42. The van der Waals surface area contributed by atoms with E-state index in [9.17, 15) is 18.7 Å². The van der Waals surface area contributed by atoms with Gasteiger partial charge in [-0.15, -0.1) is 0 Å². The Kier molecular flexibility index (Phi) is 3.32. The number of alkyl halides is 2. The van der Waals surface area contributed by atoms with Crippen molar-refractivity contribution in [2.24, 2.45) is 10.8 Å². The first-order chi connectivity index (χ1) is 7.17. The minimum Gasteiger partial charge on any atom is -0.481 e. The fraction of sp³-hybridized carbons (Fsp3) is 0.917. The molecule has 0 aromatic heterocycles. The van der Waals surface area contributed by atoms with Crippen LogP contribution in [-0.2, 0) is 4.79 Å².